The third-order valence-corrected chi connectivity index (χ3v) is 3.71. The molecule has 0 spiro atoms. The van der Waals surface area contributed by atoms with E-state index in [0.717, 1.165) is 31.2 Å². The molecule has 4 nitrogen and oxygen atoms in total. The molecule has 1 aromatic rings. The van der Waals surface area contributed by atoms with Crippen LogP contribution < -0.4 is 5.32 Å². The van der Waals surface area contributed by atoms with E-state index in [4.69, 9.17) is 4.74 Å². The second kappa shape index (κ2) is 6.90. The van der Waals surface area contributed by atoms with Crippen molar-refractivity contribution in [1.29, 1.82) is 0 Å². The van der Waals surface area contributed by atoms with E-state index in [1.165, 1.54) is 31.5 Å². The van der Waals surface area contributed by atoms with Gasteiger partial charge in [0.05, 0.1) is 18.0 Å². The average Bonchev–Trinajstić information content (AvgIpc) is 2.77. The molecule has 1 fully saturated rings. The Kier molecular flexibility index (Phi) is 5.20. The zero-order valence-corrected chi connectivity index (χ0v) is 11.6. The maximum Gasteiger partial charge on any atom is 0.0884 e. The summed E-state index contributed by atoms with van der Waals surface area (Å²) in [5.41, 5.74) is 2.32. The van der Waals surface area contributed by atoms with E-state index in [2.05, 4.69) is 23.4 Å². The van der Waals surface area contributed by atoms with E-state index in [9.17, 15) is 0 Å². The van der Waals surface area contributed by atoms with E-state index < -0.39 is 0 Å². The number of rotatable bonds is 6. The van der Waals surface area contributed by atoms with Gasteiger partial charge in [-0.3, -0.25) is 4.68 Å². The smallest absolute Gasteiger partial charge is 0.0884 e. The molecule has 2 rings (SSSR count). The molecular weight excluding hydrogens is 226 g/mol. The van der Waals surface area contributed by atoms with Crippen LogP contribution in [0.5, 0.6) is 0 Å². The molecule has 2 heterocycles. The molecule has 1 aliphatic heterocycles. The van der Waals surface area contributed by atoms with Crippen LogP contribution in [0.25, 0.3) is 0 Å². The number of aryl methyl sites for hydroxylation is 2. The summed E-state index contributed by atoms with van der Waals surface area (Å²) in [6.07, 6.45) is 4.82. The predicted molar refractivity (Wildman–Crippen MR) is 72.5 cm³/mol. The maximum absolute atomic E-state index is 5.77. The lowest BCUT2D eigenvalue weighted by atomic mass is 9.97. The molecule has 1 aliphatic rings. The molecule has 0 saturated carbocycles. The van der Waals surface area contributed by atoms with Crippen LogP contribution in [0, 0.1) is 5.92 Å². The van der Waals surface area contributed by atoms with Crippen LogP contribution in [0.3, 0.4) is 0 Å². The molecule has 4 heteroatoms. The van der Waals surface area contributed by atoms with Gasteiger partial charge in [-0.15, -0.1) is 0 Å². The van der Waals surface area contributed by atoms with Crippen LogP contribution in [0.1, 0.15) is 37.6 Å². The van der Waals surface area contributed by atoms with Crippen LogP contribution in [0.2, 0.25) is 0 Å². The molecule has 0 aromatic carbocycles. The van der Waals surface area contributed by atoms with E-state index in [1.807, 2.05) is 11.7 Å². The maximum atomic E-state index is 5.77. The molecule has 0 bridgehead atoms. The fourth-order valence-electron chi connectivity index (χ4n) is 2.48. The number of piperidine rings is 1. The highest BCUT2D eigenvalue weighted by molar-refractivity contribution is 5.09. The molecule has 1 N–H and O–H groups in total. The molecule has 102 valence electrons. The summed E-state index contributed by atoms with van der Waals surface area (Å²) in [7, 11) is 1.99. The van der Waals surface area contributed by atoms with Gasteiger partial charge in [-0.05, 0) is 50.8 Å². The zero-order chi connectivity index (χ0) is 12.8. The Balaban J connectivity index is 1.66. The van der Waals surface area contributed by atoms with Crippen LogP contribution in [0.4, 0.5) is 0 Å². The second-order valence-corrected chi connectivity index (χ2v) is 5.16. The highest BCUT2D eigenvalue weighted by Crippen LogP contribution is 2.14. The SMILES string of the molecule is CCc1cc(COCCC2CCCNC2)n(C)n1. The Labute approximate surface area is 110 Å². The minimum atomic E-state index is 0.684. The first-order chi connectivity index (χ1) is 8.79. The van der Waals surface area contributed by atoms with Gasteiger partial charge in [0.1, 0.15) is 0 Å². The van der Waals surface area contributed by atoms with Gasteiger partial charge < -0.3 is 10.1 Å². The van der Waals surface area contributed by atoms with Gasteiger partial charge in [-0.1, -0.05) is 6.92 Å². The molecule has 18 heavy (non-hydrogen) atoms. The topological polar surface area (TPSA) is 39.1 Å². The quantitative estimate of drug-likeness (QED) is 0.785. The molecule has 1 unspecified atom stereocenters. The summed E-state index contributed by atoms with van der Waals surface area (Å²) in [5.74, 6) is 0.802. The fraction of sp³-hybridized carbons (Fsp3) is 0.786. The molecular formula is C14H25N3O. The molecule has 0 aliphatic carbocycles. The summed E-state index contributed by atoms with van der Waals surface area (Å²) >= 11 is 0. The van der Waals surface area contributed by atoms with Crippen molar-refractivity contribution < 1.29 is 4.74 Å². The number of aromatic nitrogens is 2. The van der Waals surface area contributed by atoms with Crippen molar-refractivity contribution in [2.75, 3.05) is 19.7 Å². The van der Waals surface area contributed by atoms with Gasteiger partial charge in [0, 0.05) is 13.7 Å². The van der Waals surface area contributed by atoms with Crippen molar-refractivity contribution in [3.63, 3.8) is 0 Å². The lowest BCUT2D eigenvalue weighted by Gasteiger charge is -2.22. The zero-order valence-electron chi connectivity index (χ0n) is 11.6. The van der Waals surface area contributed by atoms with Crippen LogP contribution >= 0.6 is 0 Å². The lowest BCUT2D eigenvalue weighted by Crippen LogP contribution is -2.30. The van der Waals surface area contributed by atoms with Crippen molar-refractivity contribution in [3.05, 3.63) is 17.5 Å². The predicted octanol–water partition coefficient (Wildman–Crippen LogP) is 1.89. The molecule has 1 saturated heterocycles. The number of nitrogens with one attached hydrogen (secondary N) is 1. The molecule has 1 atom stereocenters. The van der Waals surface area contributed by atoms with Crippen molar-refractivity contribution in [2.24, 2.45) is 13.0 Å². The minimum absolute atomic E-state index is 0.684. The fourth-order valence-corrected chi connectivity index (χ4v) is 2.48. The van der Waals surface area contributed by atoms with E-state index >= 15 is 0 Å². The van der Waals surface area contributed by atoms with E-state index in [1.54, 1.807) is 0 Å². The second-order valence-electron chi connectivity index (χ2n) is 5.16. The van der Waals surface area contributed by atoms with Crippen molar-refractivity contribution >= 4 is 0 Å². The van der Waals surface area contributed by atoms with Gasteiger partial charge in [0.2, 0.25) is 0 Å². The third kappa shape index (κ3) is 3.82. The normalized spacial score (nSPS) is 20.2. The lowest BCUT2D eigenvalue weighted by molar-refractivity contribution is 0.0989. The largest absolute Gasteiger partial charge is 0.375 e. The van der Waals surface area contributed by atoms with Crippen LogP contribution in [0.15, 0.2) is 6.07 Å². The summed E-state index contributed by atoms with van der Waals surface area (Å²) in [6.45, 7) is 6.02. The molecule has 0 amide bonds. The molecule has 1 aromatic heterocycles. The third-order valence-electron chi connectivity index (χ3n) is 3.71. The number of ether oxygens (including phenoxy) is 1. The Morgan fingerprint density at radius 2 is 2.44 bits per heavy atom. The van der Waals surface area contributed by atoms with E-state index in [-0.39, 0.29) is 0 Å². The van der Waals surface area contributed by atoms with Gasteiger partial charge in [-0.25, -0.2) is 0 Å². The number of hydrogen-bond acceptors (Lipinski definition) is 3. The van der Waals surface area contributed by atoms with E-state index in [0.29, 0.717) is 6.61 Å². The summed E-state index contributed by atoms with van der Waals surface area (Å²) in [5, 5.41) is 7.87. The minimum Gasteiger partial charge on any atom is -0.375 e. The Hall–Kier alpha value is -0.870. The number of hydrogen-bond donors (Lipinski definition) is 1. The van der Waals surface area contributed by atoms with Gasteiger partial charge in [0.15, 0.2) is 0 Å². The van der Waals surface area contributed by atoms with Gasteiger partial charge >= 0.3 is 0 Å². The Bertz CT molecular complexity index is 356. The highest BCUT2D eigenvalue weighted by atomic mass is 16.5. The van der Waals surface area contributed by atoms with Crippen molar-refractivity contribution in [1.82, 2.24) is 15.1 Å². The van der Waals surface area contributed by atoms with Crippen LogP contribution in [-0.4, -0.2) is 29.5 Å². The standard InChI is InChI=1S/C14H25N3O/c1-3-13-9-14(17(2)16-13)11-18-8-6-12-5-4-7-15-10-12/h9,12,15H,3-8,10-11H2,1-2H3. The first kappa shape index (κ1) is 13.6. The Morgan fingerprint density at radius 1 is 1.56 bits per heavy atom. The van der Waals surface area contributed by atoms with Gasteiger partial charge in [0.25, 0.3) is 0 Å². The monoisotopic (exact) mass is 251 g/mol. The average molecular weight is 251 g/mol. The summed E-state index contributed by atoms with van der Waals surface area (Å²) in [6, 6.07) is 2.14. The van der Waals surface area contributed by atoms with Gasteiger partial charge in [-0.2, -0.15) is 5.10 Å². The Morgan fingerprint density at radius 3 is 3.11 bits per heavy atom. The highest BCUT2D eigenvalue weighted by Gasteiger charge is 2.12. The summed E-state index contributed by atoms with van der Waals surface area (Å²) < 4.78 is 7.70. The van der Waals surface area contributed by atoms with Crippen LogP contribution in [-0.2, 0) is 24.8 Å². The summed E-state index contributed by atoms with van der Waals surface area (Å²) in [4.78, 5) is 0. The first-order valence-corrected chi connectivity index (χ1v) is 7.10. The first-order valence-electron chi connectivity index (χ1n) is 7.10. The van der Waals surface area contributed by atoms with Crippen molar-refractivity contribution in [3.8, 4) is 0 Å². The molecule has 0 radical (unpaired) electrons. The van der Waals surface area contributed by atoms with Crippen molar-refractivity contribution in [2.45, 2.75) is 39.2 Å². The number of nitrogens with zero attached hydrogens (tertiary/aromatic N) is 2.